The van der Waals surface area contributed by atoms with Gasteiger partial charge in [-0.25, -0.2) is 0 Å². The number of pyridine rings is 1. The number of piperidine rings is 1. The van der Waals surface area contributed by atoms with Crippen molar-refractivity contribution in [2.45, 2.75) is 144 Å². The number of aryl methyl sites for hydroxylation is 2. The van der Waals surface area contributed by atoms with Gasteiger partial charge in [0.05, 0.1) is 5.56 Å². The normalized spacial score (nSPS) is 31.7. The molecular formula is C51H75N5O2. The van der Waals surface area contributed by atoms with Crippen molar-refractivity contribution in [1.82, 2.24) is 24.7 Å². The molecule has 7 fully saturated rings. The van der Waals surface area contributed by atoms with E-state index in [9.17, 15) is 9.59 Å². The van der Waals surface area contributed by atoms with Gasteiger partial charge in [0, 0.05) is 53.5 Å². The Balaban J connectivity index is 0.824. The first-order valence-corrected chi connectivity index (χ1v) is 24.0. The number of amides is 1. The van der Waals surface area contributed by atoms with Gasteiger partial charge in [0.1, 0.15) is 0 Å². The molecule has 0 radical (unpaired) electrons. The molecule has 1 amide bonds. The lowest BCUT2D eigenvalue weighted by Gasteiger charge is -2.57. The second-order valence-electron chi connectivity index (χ2n) is 21.6. The summed E-state index contributed by atoms with van der Waals surface area (Å²) >= 11 is 0. The molecule has 7 heteroatoms. The Labute approximate surface area is 349 Å². The van der Waals surface area contributed by atoms with E-state index in [0.29, 0.717) is 22.9 Å². The summed E-state index contributed by atoms with van der Waals surface area (Å²) in [6.07, 6.45) is 22.1. The maximum Gasteiger partial charge on any atom is 0.254 e. The fraction of sp³-hybridized carbons (Fsp3) is 0.725. The predicted molar refractivity (Wildman–Crippen MR) is 237 cm³/mol. The van der Waals surface area contributed by atoms with Gasteiger partial charge in [-0.15, -0.1) is 0 Å². The molecule has 6 saturated carbocycles. The quantitative estimate of drug-likeness (QED) is 0.171. The maximum absolute atomic E-state index is 13.9. The minimum atomic E-state index is -0.127. The Morgan fingerprint density at radius 3 is 2.21 bits per heavy atom. The number of hydrogen-bond acceptors (Lipinski definition) is 4. The van der Waals surface area contributed by atoms with Crippen molar-refractivity contribution in [3.63, 3.8) is 0 Å². The van der Waals surface area contributed by atoms with Gasteiger partial charge in [0.15, 0.2) is 0 Å². The van der Waals surface area contributed by atoms with Crippen LogP contribution in [-0.4, -0.2) is 64.5 Å². The highest BCUT2D eigenvalue weighted by molar-refractivity contribution is 6.08. The van der Waals surface area contributed by atoms with Crippen molar-refractivity contribution in [2.24, 2.45) is 52.8 Å². The third kappa shape index (κ3) is 8.52. The van der Waals surface area contributed by atoms with Crippen molar-refractivity contribution < 1.29 is 4.79 Å². The Morgan fingerprint density at radius 1 is 0.879 bits per heavy atom. The van der Waals surface area contributed by atoms with Crippen LogP contribution in [0.4, 0.5) is 0 Å². The molecule has 6 bridgehead atoms. The molecule has 2 N–H and O–H groups in total. The molecule has 3 heterocycles. The van der Waals surface area contributed by atoms with Crippen LogP contribution in [0, 0.1) is 73.5 Å². The number of rotatable bonds is 14. The molecule has 3 atom stereocenters. The largest absolute Gasteiger partial charge is 0.348 e. The van der Waals surface area contributed by atoms with Crippen LogP contribution in [0.25, 0.3) is 10.9 Å². The lowest BCUT2D eigenvalue weighted by atomic mass is 9.49. The number of carbonyl (C=O) groups is 1. The van der Waals surface area contributed by atoms with Crippen LogP contribution in [0.3, 0.4) is 0 Å². The molecule has 316 valence electrons. The number of likely N-dealkylation sites (tertiary alicyclic amines) is 1. The summed E-state index contributed by atoms with van der Waals surface area (Å²) in [7, 11) is 0. The molecule has 0 spiro atoms. The topological polar surface area (TPSA) is 73.4 Å². The molecule has 1 saturated heterocycles. The average Bonchev–Trinajstić information content (AvgIpc) is 3.47. The lowest BCUT2D eigenvalue weighted by molar-refractivity contribution is -0.0614. The molecule has 3 aromatic rings. The number of nitrogens with zero attached hydrogens (tertiary/aromatic N) is 3. The van der Waals surface area contributed by atoms with Gasteiger partial charge in [-0.05, 0) is 221 Å². The SMILES string of the molecule is Cc1cc(C)c(CNC(=O)c2c(C)n([C@H](C)C3CCN(CCN(CCC4CC5CC(C)CC(C4)C5)CCC45CC6CC(CC(C6)C4)C5)CC3)c3ccccc23)c(=O)[nH]1. The molecule has 1 aromatic carbocycles. The smallest absolute Gasteiger partial charge is 0.254 e. The molecule has 10 rings (SSSR count). The summed E-state index contributed by atoms with van der Waals surface area (Å²) in [5, 5.41) is 4.10. The zero-order valence-electron chi connectivity index (χ0n) is 36.8. The van der Waals surface area contributed by atoms with E-state index in [1.54, 1.807) is 38.5 Å². The number of para-hydroxylation sites is 1. The summed E-state index contributed by atoms with van der Waals surface area (Å²) in [6, 6.07) is 10.7. The van der Waals surface area contributed by atoms with E-state index in [4.69, 9.17) is 0 Å². The summed E-state index contributed by atoms with van der Waals surface area (Å²) in [5.41, 5.74) is 5.79. The highest BCUT2D eigenvalue weighted by atomic mass is 16.2. The Hall–Kier alpha value is -2.90. The fourth-order valence-corrected chi connectivity index (χ4v) is 15.0. The number of hydrogen-bond donors (Lipinski definition) is 2. The molecule has 7 nitrogen and oxygen atoms in total. The minimum Gasteiger partial charge on any atom is -0.348 e. The Morgan fingerprint density at radius 2 is 1.53 bits per heavy atom. The number of H-pyrrole nitrogens is 1. The van der Waals surface area contributed by atoms with Gasteiger partial charge in [-0.3, -0.25) is 9.59 Å². The molecule has 1 aliphatic heterocycles. The van der Waals surface area contributed by atoms with Gasteiger partial charge in [0.2, 0.25) is 0 Å². The lowest BCUT2D eigenvalue weighted by Crippen LogP contribution is -2.48. The van der Waals surface area contributed by atoms with Crippen molar-refractivity contribution in [3.05, 3.63) is 68.8 Å². The second kappa shape index (κ2) is 16.9. The average molecular weight is 790 g/mol. The molecular weight excluding hydrogens is 715 g/mol. The molecule has 2 unspecified atom stereocenters. The van der Waals surface area contributed by atoms with Crippen LogP contribution in [0.1, 0.15) is 149 Å². The predicted octanol–water partition coefficient (Wildman–Crippen LogP) is 10.2. The standard InChI is InChI=1S/C51H75N5O2/c1-33-20-39-23-38(24-40(21-33)25-39)10-14-55(17-13-51-29-41-26-42(30-51)28-43(27-41)31-51)19-18-54-15-11-44(12-16-54)36(4)56-37(5)48(45-8-6-7-9-47(45)56)50(58)52-32-46-34(2)22-35(3)53-49(46)57/h6-9,22,33,36,38-44H,10-21,23-32H2,1-5H3,(H,52,58)(H,53,57)/t33?,36-,38?,39?,40?,41?,42?,43?,51?/m1/s1. The van der Waals surface area contributed by atoms with Gasteiger partial charge in [-0.1, -0.05) is 25.1 Å². The van der Waals surface area contributed by atoms with Gasteiger partial charge in [-0.2, -0.15) is 0 Å². The number of aromatic amines is 1. The zero-order valence-corrected chi connectivity index (χ0v) is 36.8. The highest BCUT2D eigenvalue weighted by Gasteiger charge is 2.50. The first-order chi connectivity index (χ1) is 28.0. The third-order valence-corrected chi connectivity index (χ3v) is 17.2. The van der Waals surface area contributed by atoms with E-state index >= 15 is 0 Å². The number of nitrogens with one attached hydrogen (secondary N) is 2. The summed E-state index contributed by atoms with van der Waals surface area (Å²) in [6.45, 7) is 18.5. The van der Waals surface area contributed by atoms with Crippen molar-refractivity contribution >= 4 is 16.8 Å². The Kier molecular flexibility index (Phi) is 11.8. The number of carbonyl (C=O) groups excluding carboxylic acids is 1. The van der Waals surface area contributed by atoms with E-state index in [1.807, 2.05) is 26.0 Å². The summed E-state index contributed by atoms with van der Waals surface area (Å²) < 4.78 is 2.45. The van der Waals surface area contributed by atoms with Crippen molar-refractivity contribution in [2.75, 3.05) is 39.3 Å². The number of aromatic nitrogens is 2. The van der Waals surface area contributed by atoms with Crippen molar-refractivity contribution in [1.29, 1.82) is 0 Å². The molecule has 2 aromatic heterocycles. The Bertz CT molecular complexity index is 1930. The van der Waals surface area contributed by atoms with Gasteiger partial charge in [0.25, 0.3) is 11.5 Å². The van der Waals surface area contributed by atoms with E-state index < -0.39 is 0 Å². The van der Waals surface area contributed by atoms with E-state index in [1.165, 1.54) is 84.0 Å². The highest BCUT2D eigenvalue weighted by Crippen LogP contribution is 2.61. The zero-order chi connectivity index (χ0) is 40.1. The number of fused-ring (bicyclic) bond motifs is 3. The van der Waals surface area contributed by atoms with Gasteiger partial charge < -0.3 is 24.7 Å². The first kappa shape index (κ1) is 40.5. The number of benzene rings is 1. The first-order valence-electron chi connectivity index (χ1n) is 24.0. The van der Waals surface area contributed by atoms with Crippen LogP contribution < -0.4 is 10.9 Å². The molecule has 6 aliphatic carbocycles. The van der Waals surface area contributed by atoms with Gasteiger partial charge >= 0.3 is 0 Å². The maximum atomic E-state index is 13.9. The molecule has 7 aliphatic rings. The second-order valence-corrected chi connectivity index (χ2v) is 21.6. The van der Waals surface area contributed by atoms with Crippen LogP contribution >= 0.6 is 0 Å². The van der Waals surface area contributed by atoms with E-state index in [-0.39, 0.29) is 18.0 Å². The van der Waals surface area contributed by atoms with Crippen LogP contribution in [0.2, 0.25) is 0 Å². The van der Waals surface area contributed by atoms with E-state index in [2.05, 4.69) is 63.6 Å². The van der Waals surface area contributed by atoms with Crippen LogP contribution in [0.15, 0.2) is 35.1 Å². The monoisotopic (exact) mass is 790 g/mol. The summed E-state index contributed by atoms with van der Waals surface area (Å²) in [4.78, 5) is 35.2. The third-order valence-electron chi connectivity index (χ3n) is 17.2. The molecule has 58 heavy (non-hydrogen) atoms. The fourth-order valence-electron chi connectivity index (χ4n) is 15.0. The minimum absolute atomic E-state index is 0.109. The van der Waals surface area contributed by atoms with Crippen LogP contribution in [-0.2, 0) is 6.54 Å². The van der Waals surface area contributed by atoms with E-state index in [0.717, 1.165) is 87.9 Å². The van der Waals surface area contributed by atoms with Crippen molar-refractivity contribution in [3.8, 4) is 0 Å². The van der Waals surface area contributed by atoms with Crippen LogP contribution in [0.5, 0.6) is 0 Å². The summed E-state index contributed by atoms with van der Waals surface area (Å²) in [5.74, 6) is 7.52.